The van der Waals surface area contributed by atoms with Crippen molar-refractivity contribution >= 4 is 19.3 Å². The number of hydrogen-bond donors (Lipinski definition) is 3. The number of halogens is 2. The Bertz CT molecular complexity index is 1060. The number of aromatic amines is 1. The fourth-order valence-corrected chi connectivity index (χ4v) is 6.21. The molecule has 12 nitrogen and oxygen atoms in total. The second-order valence-corrected chi connectivity index (χ2v) is 12.2. The molecule has 0 amide bonds. The van der Waals surface area contributed by atoms with Crippen LogP contribution >= 0.6 is 19.3 Å². The van der Waals surface area contributed by atoms with Gasteiger partial charge in [0.1, 0.15) is 18.6 Å². The van der Waals surface area contributed by atoms with Gasteiger partial charge in [-0.25, -0.2) is 14.0 Å². The number of aliphatic hydroxyl groups is 1. The quantitative estimate of drug-likeness (QED) is 0.271. The lowest BCUT2D eigenvalue weighted by Crippen LogP contribution is -2.55. The van der Waals surface area contributed by atoms with Crippen LogP contribution in [0.25, 0.3) is 0 Å². The predicted molar refractivity (Wildman–Crippen MR) is 129 cm³/mol. The maximum absolute atomic E-state index is 13.7. The van der Waals surface area contributed by atoms with Gasteiger partial charge in [0.05, 0.1) is 31.6 Å². The molecule has 3 unspecified atom stereocenters. The van der Waals surface area contributed by atoms with Gasteiger partial charge in [0.15, 0.2) is 0 Å². The Morgan fingerprint density at radius 1 is 1.36 bits per heavy atom. The number of ether oxygens (including phenoxy) is 2. The van der Waals surface area contributed by atoms with Crippen LogP contribution in [0.15, 0.2) is 15.8 Å². The molecule has 2 aliphatic rings. The molecular weight excluding hydrogens is 522 g/mol. The average Bonchev–Trinajstić information content (AvgIpc) is 3.14. The number of H-pyrrole nitrogens is 1. The van der Waals surface area contributed by atoms with Gasteiger partial charge in [0, 0.05) is 30.8 Å². The average molecular weight is 557 g/mol. The molecular formula is C21H35ClFN4O8P. The second kappa shape index (κ2) is 12.1. The second-order valence-electron chi connectivity index (χ2n) is 9.70. The molecule has 2 fully saturated rings. The predicted octanol–water partition coefficient (Wildman–Crippen LogP) is 1.53. The Balaban J connectivity index is 1.61. The van der Waals surface area contributed by atoms with E-state index >= 15 is 0 Å². The van der Waals surface area contributed by atoms with E-state index in [4.69, 9.17) is 30.1 Å². The minimum Gasteiger partial charge on any atom is -0.390 e. The van der Waals surface area contributed by atoms with Gasteiger partial charge in [0.25, 0.3) is 5.56 Å². The van der Waals surface area contributed by atoms with Gasteiger partial charge in [-0.05, 0) is 34.2 Å². The Labute approximate surface area is 213 Å². The number of hydrogen-bond acceptors (Lipinski definition) is 9. The molecule has 1 aromatic rings. The van der Waals surface area contributed by atoms with E-state index in [1.807, 2.05) is 11.9 Å². The van der Waals surface area contributed by atoms with Gasteiger partial charge in [-0.3, -0.25) is 28.7 Å². The topological polar surface area (TPSA) is 144 Å². The summed E-state index contributed by atoms with van der Waals surface area (Å²) in [6, 6.07) is 0. The van der Waals surface area contributed by atoms with Crippen LogP contribution in [0.1, 0.15) is 46.3 Å². The first-order chi connectivity index (χ1) is 16.8. The third-order valence-electron chi connectivity index (χ3n) is 6.05. The number of alkyl halides is 1. The highest BCUT2D eigenvalue weighted by molar-refractivity contribution is 7.51. The van der Waals surface area contributed by atoms with Crippen LogP contribution in [-0.2, 0) is 23.1 Å². The number of aliphatic hydroxyl groups excluding tert-OH is 1. The largest absolute Gasteiger partial charge is 0.408 e. The monoisotopic (exact) mass is 556 g/mol. The highest BCUT2D eigenvalue weighted by Gasteiger charge is 2.40. The summed E-state index contributed by atoms with van der Waals surface area (Å²) in [7, 11) is -2.30. The summed E-state index contributed by atoms with van der Waals surface area (Å²) >= 11 is 5.82. The van der Waals surface area contributed by atoms with Crippen molar-refractivity contribution in [2.45, 2.75) is 76.3 Å². The van der Waals surface area contributed by atoms with Crippen molar-refractivity contribution in [3.05, 3.63) is 32.9 Å². The molecule has 0 radical (unpaired) electrons. The van der Waals surface area contributed by atoms with Crippen molar-refractivity contribution in [1.29, 1.82) is 0 Å². The lowest BCUT2D eigenvalue weighted by Gasteiger charge is -2.40. The zero-order valence-corrected chi connectivity index (χ0v) is 22.5. The van der Waals surface area contributed by atoms with Crippen LogP contribution in [0, 0.1) is 5.82 Å². The van der Waals surface area contributed by atoms with Gasteiger partial charge in [-0.2, -0.15) is 4.39 Å². The molecule has 1 aromatic heterocycles. The maximum Gasteiger partial charge on any atom is 0.408 e. The first kappa shape index (κ1) is 29.4. The fourth-order valence-electron chi connectivity index (χ4n) is 4.35. The zero-order chi connectivity index (χ0) is 26.7. The summed E-state index contributed by atoms with van der Waals surface area (Å²) in [4.78, 5) is 25.1. The molecule has 15 heteroatoms. The minimum atomic E-state index is -3.84. The van der Waals surface area contributed by atoms with Crippen LogP contribution in [-0.4, -0.2) is 82.1 Å². The number of nitrogens with one attached hydrogen (secondary N) is 2. The lowest BCUT2D eigenvalue weighted by molar-refractivity contribution is -0.0943. The van der Waals surface area contributed by atoms with E-state index < -0.39 is 43.2 Å². The molecule has 2 saturated heterocycles. The van der Waals surface area contributed by atoms with Crippen molar-refractivity contribution in [2.75, 3.05) is 32.7 Å². The molecule has 6 atom stereocenters. The van der Waals surface area contributed by atoms with Crippen LogP contribution < -0.4 is 16.6 Å². The Kier molecular flexibility index (Phi) is 9.92. The van der Waals surface area contributed by atoms with Crippen molar-refractivity contribution in [3.63, 3.8) is 0 Å². The summed E-state index contributed by atoms with van der Waals surface area (Å²) in [5, 5.41) is 13.8. The number of rotatable bonds is 11. The Morgan fingerprint density at radius 3 is 2.75 bits per heavy atom. The van der Waals surface area contributed by atoms with E-state index in [0.29, 0.717) is 12.6 Å². The Hall–Kier alpha value is -1.15. The van der Waals surface area contributed by atoms with Crippen LogP contribution in [0.5, 0.6) is 0 Å². The molecule has 3 rings (SSSR count). The molecule has 0 saturated carbocycles. The first-order valence-corrected chi connectivity index (χ1v) is 13.8. The lowest BCUT2D eigenvalue weighted by atomic mass is 9.95. The summed E-state index contributed by atoms with van der Waals surface area (Å²) in [5.41, 5.74) is -2.14. The highest BCUT2D eigenvalue weighted by Crippen LogP contribution is 2.51. The highest BCUT2D eigenvalue weighted by atomic mass is 35.5. The van der Waals surface area contributed by atoms with Gasteiger partial charge in [0.2, 0.25) is 5.82 Å². The summed E-state index contributed by atoms with van der Waals surface area (Å²) in [6.07, 6.45) is -1.44. The van der Waals surface area contributed by atoms with Crippen molar-refractivity contribution in [2.24, 2.45) is 0 Å². The smallest absolute Gasteiger partial charge is 0.390 e. The van der Waals surface area contributed by atoms with Crippen LogP contribution in [0.2, 0.25) is 0 Å². The van der Waals surface area contributed by atoms with E-state index in [-0.39, 0.29) is 49.9 Å². The molecule has 36 heavy (non-hydrogen) atoms. The standard InChI is InChI=1S/C21H35ClFN4O8P/c1-13-10-21(2,3)25-17(34-13)5-8-32-36(31,26(4)7-6-22)33-12-16-15(28)9-18(35-16)27-11-14(23)19(29)24-20(27)30/h11,13,15-18,25,28H,5-10,12H2,1-4H3,(H,24,29,30)/t13?,15-,16+,17?,18+,36?/m0/s1. The molecule has 3 N–H and O–H groups in total. The third kappa shape index (κ3) is 7.46. The first-order valence-electron chi connectivity index (χ1n) is 11.8. The van der Waals surface area contributed by atoms with Crippen molar-refractivity contribution < 1.29 is 32.6 Å². The summed E-state index contributed by atoms with van der Waals surface area (Å²) in [6.45, 7) is 6.10. The fraction of sp³-hybridized carbons (Fsp3) is 0.810. The summed E-state index contributed by atoms with van der Waals surface area (Å²) < 4.78 is 52.3. The molecule has 206 valence electrons. The SMILES string of the molecule is CC1CC(C)(C)NC(CCOP(=O)(OC[C@H]2O[C@@H](n3cc(F)c(=O)[nH]c3=O)C[C@@H]2O)N(C)CCCl)O1. The van der Waals surface area contributed by atoms with E-state index in [1.54, 1.807) is 7.05 Å². The molecule has 0 aromatic carbocycles. The normalized spacial score (nSPS) is 29.9. The molecule has 0 bridgehead atoms. The minimum absolute atomic E-state index is 0.0607. The number of aromatic nitrogens is 2. The number of nitrogens with zero attached hydrogens (tertiary/aromatic N) is 2. The van der Waals surface area contributed by atoms with Gasteiger partial charge >= 0.3 is 13.4 Å². The van der Waals surface area contributed by atoms with Crippen LogP contribution in [0.4, 0.5) is 4.39 Å². The van der Waals surface area contributed by atoms with Gasteiger partial charge in [-0.15, -0.1) is 11.6 Å². The molecule has 2 aliphatic heterocycles. The Morgan fingerprint density at radius 2 is 2.08 bits per heavy atom. The molecule has 3 heterocycles. The van der Waals surface area contributed by atoms with E-state index in [0.717, 1.165) is 11.0 Å². The molecule has 0 aliphatic carbocycles. The van der Waals surface area contributed by atoms with E-state index in [9.17, 15) is 23.7 Å². The van der Waals surface area contributed by atoms with Crippen molar-refractivity contribution in [3.8, 4) is 0 Å². The van der Waals surface area contributed by atoms with E-state index in [1.165, 1.54) is 4.67 Å². The van der Waals surface area contributed by atoms with E-state index in [2.05, 4.69) is 19.2 Å². The maximum atomic E-state index is 13.7. The van der Waals surface area contributed by atoms with Crippen LogP contribution in [0.3, 0.4) is 0 Å². The molecule has 0 spiro atoms. The van der Waals surface area contributed by atoms with Crippen molar-refractivity contribution in [1.82, 2.24) is 19.5 Å². The zero-order valence-electron chi connectivity index (χ0n) is 20.8. The van der Waals surface area contributed by atoms with Gasteiger partial charge < -0.3 is 14.6 Å². The third-order valence-corrected chi connectivity index (χ3v) is 8.24. The van der Waals surface area contributed by atoms with Gasteiger partial charge in [-0.1, -0.05) is 0 Å². The summed E-state index contributed by atoms with van der Waals surface area (Å²) in [5.74, 6) is -0.987.